The van der Waals surface area contributed by atoms with Gasteiger partial charge in [0.05, 0.1) is 0 Å². The molecule has 0 spiro atoms. The van der Waals surface area contributed by atoms with E-state index in [9.17, 15) is 19.0 Å². The van der Waals surface area contributed by atoms with Crippen LogP contribution in [0.3, 0.4) is 0 Å². The zero-order chi connectivity index (χ0) is 22.8. The van der Waals surface area contributed by atoms with Crippen LogP contribution in [0.5, 0.6) is 0 Å². The van der Waals surface area contributed by atoms with Crippen LogP contribution in [0.1, 0.15) is 85.0 Å². The number of aliphatic hydroxyl groups excluding tert-OH is 2. The molecule has 2 nitrogen and oxygen atoms in total. The Bertz CT molecular complexity index is 710. The molecule has 6 atom stereocenters. The maximum Gasteiger partial charge on any atom is 0.298 e. The van der Waals surface area contributed by atoms with Crippen molar-refractivity contribution in [2.75, 3.05) is 6.61 Å². The second kappa shape index (κ2) is 9.87. The Labute approximate surface area is 187 Å². The molecule has 3 aliphatic rings. The van der Waals surface area contributed by atoms with Crippen molar-refractivity contribution in [1.82, 2.24) is 0 Å². The Balaban J connectivity index is 1.74. The second-order valence-electron chi connectivity index (χ2n) is 10.9. The van der Waals surface area contributed by atoms with Gasteiger partial charge in [-0.3, -0.25) is 0 Å². The third-order valence-electron chi connectivity index (χ3n) is 8.74. The largest absolute Gasteiger partial charge is 0.396 e. The van der Waals surface area contributed by atoms with Crippen molar-refractivity contribution >= 4 is 0 Å². The normalized spacial score (nSPS) is 37.8. The molecular weight excluding hydrogens is 394 g/mol. The first-order chi connectivity index (χ1) is 14.6. The molecule has 0 aliphatic heterocycles. The van der Waals surface area contributed by atoms with Crippen LogP contribution in [0.4, 0.5) is 8.78 Å². The lowest BCUT2D eigenvalue weighted by molar-refractivity contribution is -0.0868. The van der Waals surface area contributed by atoms with Gasteiger partial charge in [0.25, 0.3) is 5.92 Å². The van der Waals surface area contributed by atoms with Crippen molar-refractivity contribution in [3.8, 4) is 0 Å². The molecule has 4 unspecified atom stereocenters. The molecule has 3 rings (SSSR count). The number of aliphatic hydroxyl groups is 2. The summed E-state index contributed by atoms with van der Waals surface area (Å²) in [6.07, 6.45) is 11.5. The first kappa shape index (κ1) is 24.6. The molecule has 3 saturated carbocycles. The van der Waals surface area contributed by atoms with Gasteiger partial charge in [-0.1, -0.05) is 57.9 Å². The minimum Gasteiger partial charge on any atom is -0.396 e. The lowest BCUT2D eigenvalue weighted by Gasteiger charge is -2.44. The van der Waals surface area contributed by atoms with Gasteiger partial charge < -0.3 is 10.2 Å². The summed E-state index contributed by atoms with van der Waals surface area (Å²) >= 11 is 0. The van der Waals surface area contributed by atoms with Crippen molar-refractivity contribution in [2.24, 2.45) is 29.1 Å². The lowest BCUT2D eigenvalue weighted by Crippen LogP contribution is -2.39. The van der Waals surface area contributed by atoms with Crippen LogP contribution in [0.2, 0.25) is 0 Å². The predicted molar refractivity (Wildman–Crippen MR) is 123 cm³/mol. The van der Waals surface area contributed by atoms with Crippen LogP contribution >= 0.6 is 0 Å². The minimum absolute atomic E-state index is 0.0769. The molecule has 0 amide bonds. The van der Waals surface area contributed by atoms with Gasteiger partial charge >= 0.3 is 0 Å². The number of alkyl halides is 2. The van der Waals surface area contributed by atoms with Crippen molar-refractivity contribution in [3.63, 3.8) is 0 Å². The highest BCUT2D eigenvalue weighted by molar-refractivity contribution is 5.41. The average molecular weight is 437 g/mol. The van der Waals surface area contributed by atoms with E-state index in [4.69, 9.17) is 0 Å². The molecule has 3 aliphatic carbocycles. The zero-order valence-electron chi connectivity index (χ0n) is 19.7. The van der Waals surface area contributed by atoms with Gasteiger partial charge in [0.1, 0.15) is 6.10 Å². The molecule has 0 bridgehead atoms. The van der Waals surface area contributed by atoms with E-state index in [-0.39, 0.29) is 24.0 Å². The second-order valence-corrected chi connectivity index (χ2v) is 10.9. The van der Waals surface area contributed by atoms with E-state index in [1.807, 2.05) is 6.08 Å². The van der Waals surface area contributed by atoms with Crippen molar-refractivity contribution < 1.29 is 19.0 Å². The van der Waals surface area contributed by atoms with E-state index in [0.29, 0.717) is 35.7 Å². The summed E-state index contributed by atoms with van der Waals surface area (Å²) in [5, 5.41) is 19.1. The summed E-state index contributed by atoms with van der Waals surface area (Å²) in [6, 6.07) is 0. The topological polar surface area (TPSA) is 40.5 Å². The number of fused-ring (bicyclic) bond motifs is 1. The molecule has 0 saturated heterocycles. The van der Waals surface area contributed by atoms with Gasteiger partial charge in [-0.25, -0.2) is 0 Å². The van der Waals surface area contributed by atoms with Gasteiger partial charge in [0.2, 0.25) is 0 Å². The lowest BCUT2D eigenvalue weighted by atomic mass is 9.60. The quantitative estimate of drug-likeness (QED) is 0.459. The highest BCUT2D eigenvalue weighted by Gasteiger charge is 2.51. The summed E-state index contributed by atoms with van der Waals surface area (Å²) in [6.45, 7) is 11.0. The standard InChI is InChI=1S/C27H42F2O2/c1-18(17-30)7-5-8-19(2)22-13-14-24-21(9-6-16-26(22,24)4)11-12-23-20(3)10-15-25(31)27(23,28)29/h11-12,18-19,22,24-25,30-31H,3,5-10,13-17H2,1-2,4H3/b21-11+,23-12+/t18?,19-,22?,24?,25+,26?/m1/s1. The molecule has 3 fully saturated rings. The van der Waals surface area contributed by atoms with Gasteiger partial charge in [0, 0.05) is 12.2 Å². The van der Waals surface area contributed by atoms with Gasteiger partial charge in [-0.15, -0.1) is 0 Å². The highest BCUT2D eigenvalue weighted by Crippen LogP contribution is 2.60. The van der Waals surface area contributed by atoms with Crippen LogP contribution in [0, 0.1) is 29.1 Å². The van der Waals surface area contributed by atoms with Crippen molar-refractivity contribution in [1.29, 1.82) is 0 Å². The Kier molecular flexibility index (Phi) is 7.84. The molecule has 4 heteroatoms. The highest BCUT2D eigenvalue weighted by atomic mass is 19.3. The van der Waals surface area contributed by atoms with E-state index in [1.54, 1.807) is 6.08 Å². The number of hydrogen-bond donors (Lipinski definition) is 2. The fourth-order valence-electron chi connectivity index (χ4n) is 6.76. The summed E-state index contributed by atoms with van der Waals surface area (Å²) < 4.78 is 29.1. The van der Waals surface area contributed by atoms with E-state index in [2.05, 4.69) is 27.4 Å². The van der Waals surface area contributed by atoms with Crippen LogP contribution in [0.15, 0.2) is 35.5 Å². The summed E-state index contributed by atoms with van der Waals surface area (Å²) in [5.41, 5.74) is 1.94. The average Bonchev–Trinajstić information content (AvgIpc) is 3.08. The predicted octanol–water partition coefficient (Wildman–Crippen LogP) is 6.84. The molecule has 176 valence electrons. The first-order valence-corrected chi connectivity index (χ1v) is 12.4. The van der Waals surface area contributed by atoms with Crippen LogP contribution in [0.25, 0.3) is 0 Å². The maximum atomic E-state index is 14.6. The minimum atomic E-state index is -3.21. The van der Waals surface area contributed by atoms with Crippen LogP contribution < -0.4 is 0 Å². The Morgan fingerprint density at radius 3 is 2.58 bits per heavy atom. The Hall–Kier alpha value is -1.00. The third kappa shape index (κ3) is 5.00. The summed E-state index contributed by atoms with van der Waals surface area (Å²) in [4.78, 5) is 0. The molecule has 31 heavy (non-hydrogen) atoms. The van der Waals surface area contributed by atoms with E-state index >= 15 is 0 Å². The van der Waals surface area contributed by atoms with E-state index in [1.165, 1.54) is 24.8 Å². The zero-order valence-corrected chi connectivity index (χ0v) is 19.7. The van der Waals surface area contributed by atoms with Crippen molar-refractivity contribution in [3.05, 3.63) is 35.5 Å². The summed E-state index contributed by atoms with van der Waals surface area (Å²) in [5.74, 6) is -1.04. The van der Waals surface area contributed by atoms with Gasteiger partial charge in [0.15, 0.2) is 0 Å². The maximum absolute atomic E-state index is 14.6. The van der Waals surface area contributed by atoms with Crippen molar-refractivity contribution in [2.45, 2.75) is 97.0 Å². The van der Waals surface area contributed by atoms with E-state index < -0.39 is 12.0 Å². The monoisotopic (exact) mass is 436 g/mol. The third-order valence-corrected chi connectivity index (χ3v) is 8.74. The molecule has 0 aromatic heterocycles. The number of hydrogen-bond acceptors (Lipinski definition) is 2. The Morgan fingerprint density at radius 2 is 1.87 bits per heavy atom. The number of rotatable bonds is 7. The number of halogens is 2. The molecule has 0 heterocycles. The fraction of sp³-hybridized carbons (Fsp3) is 0.778. The molecule has 0 aromatic carbocycles. The Morgan fingerprint density at radius 1 is 1.13 bits per heavy atom. The SMILES string of the molecule is C=C1CC[C@H](O)C(F)(F)/C1=C/C=C1\CCCC2(C)C1CCC2[C@H](C)CCCC(C)CO. The van der Waals surface area contributed by atoms with Gasteiger partial charge in [-0.2, -0.15) is 8.78 Å². The molecule has 0 aromatic rings. The molecule has 2 N–H and O–H groups in total. The van der Waals surface area contributed by atoms with Crippen LogP contribution in [-0.2, 0) is 0 Å². The van der Waals surface area contributed by atoms with E-state index in [0.717, 1.165) is 32.1 Å². The fourth-order valence-corrected chi connectivity index (χ4v) is 6.76. The molecular formula is C27H42F2O2. The first-order valence-electron chi connectivity index (χ1n) is 12.4. The summed E-state index contributed by atoms with van der Waals surface area (Å²) in [7, 11) is 0. The van der Waals surface area contributed by atoms with Gasteiger partial charge in [-0.05, 0) is 86.0 Å². The smallest absolute Gasteiger partial charge is 0.298 e. The van der Waals surface area contributed by atoms with Crippen LogP contribution in [-0.4, -0.2) is 28.8 Å². The molecule has 0 radical (unpaired) electrons. The number of allylic oxidation sites excluding steroid dienone is 4.